The van der Waals surface area contributed by atoms with Gasteiger partial charge in [-0.05, 0) is 13.3 Å². The van der Waals surface area contributed by atoms with Crippen molar-refractivity contribution in [2.45, 2.75) is 20.3 Å². The lowest BCUT2D eigenvalue weighted by Crippen LogP contribution is -2.14. The van der Waals surface area contributed by atoms with E-state index in [0.717, 1.165) is 24.4 Å². The summed E-state index contributed by atoms with van der Waals surface area (Å²) in [5, 5.41) is 2.98. The first-order chi connectivity index (χ1) is 4.76. The Hall–Kier alpha value is -0.790. The second-order valence-corrected chi connectivity index (χ2v) is 2.00. The molecule has 2 nitrogen and oxygen atoms in total. The first-order valence-corrected chi connectivity index (χ1v) is 3.66. The fourth-order valence-corrected chi connectivity index (χ4v) is 0.756. The van der Waals surface area contributed by atoms with Crippen molar-refractivity contribution in [2.75, 3.05) is 13.6 Å². The van der Waals surface area contributed by atoms with E-state index in [2.05, 4.69) is 23.8 Å². The molecule has 0 aromatic carbocycles. The maximum absolute atomic E-state index is 4.27. The van der Waals surface area contributed by atoms with Gasteiger partial charge in [0, 0.05) is 19.3 Å². The summed E-state index contributed by atoms with van der Waals surface area (Å²) >= 11 is 0. The minimum atomic E-state index is 0.837. The molecule has 0 aliphatic heterocycles. The van der Waals surface area contributed by atoms with Gasteiger partial charge in [0.25, 0.3) is 0 Å². The number of rotatable bonds is 4. The lowest BCUT2D eigenvalue weighted by Gasteiger charge is -2.05. The quantitative estimate of drug-likeness (QED) is 0.589. The van der Waals surface area contributed by atoms with Gasteiger partial charge in [-0.2, -0.15) is 0 Å². The summed E-state index contributed by atoms with van der Waals surface area (Å²) in [6, 6.07) is 0. The van der Waals surface area contributed by atoms with Gasteiger partial charge >= 0.3 is 0 Å². The van der Waals surface area contributed by atoms with Crippen LogP contribution in [0.15, 0.2) is 17.3 Å². The van der Waals surface area contributed by atoms with Gasteiger partial charge in [-0.3, -0.25) is 4.99 Å². The van der Waals surface area contributed by atoms with Crippen molar-refractivity contribution in [1.82, 2.24) is 5.32 Å². The number of nitrogens with zero attached hydrogens (tertiary/aromatic N) is 1. The van der Waals surface area contributed by atoms with Gasteiger partial charge in [0.05, 0.1) is 5.71 Å². The van der Waals surface area contributed by atoms with Crippen molar-refractivity contribution in [1.29, 1.82) is 0 Å². The zero-order valence-corrected chi connectivity index (χ0v) is 7.07. The number of hydrogen-bond acceptors (Lipinski definition) is 2. The van der Waals surface area contributed by atoms with Crippen LogP contribution >= 0.6 is 0 Å². The van der Waals surface area contributed by atoms with E-state index in [4.69, 9.17) is 0 Å². The standard InChI is InChI=1S/C8H16N2/c1-5-8(10-6-2)7(3)9-4/h9H,3,5-6H2,1-2,4H3. The van der Waals surface area contributed by atoms with Crippen molar-refractivity contribution >= 4 is 5.71 Å². The van der Waals surface area contributed by atoms with Crippen LogP contribution in [0.3, 0.4) is 0 Å². The first-order valence-electron chi connectivity index (χ1n) is 3.66. The third-order valence-electron chi connectivity index (χ3n) is 1.33. The molecule has 0 rings (SSSR count). The molecule has 0 saturated carbocycles. The van der Waals surface area contributed by atoms with E-state index in [9.17, 15) is 0 Å². The van der Waals surface area contributed by atoms with Crippen LogP contribution in [0.1, 0.15) is 20.3 Å². The fraction of sp³-hybridized carbons (Fsp3) is 0.625. The third-order valence-corrected chi connectivity index (χ3v) is 1.33. The normalized spacial score (nSPS) is 11.3. The van der Waals surface area contributed by atoms with Crippen molar-refractivity contribution in [3.8, 4) is 0 Å². The SMILES string of the molecule is C=C(NC)C(CC)=NCC. The Morgan fingerprint density at radius 3 is 2.40 bits per heavy atom. The molecule has 58 valence electrons. The highest BCUT2D eigenvalue weighted by molar-refractivity contribution is 5.98. The van der Waals surface area contributed by atoms with Crippen LogP contribution in [0, 0.1) is 0 Å². The zero-order valence-electron chi connectivity index (χ0n) is 7.07. The van der Waals surface area contributed by atoms with Gasteiger partial charge in [-0.25, -0.2) is 0 Å². The van der Waals surface area contributed by atoms with Crippen LogP contribution in [0.25, 0.3) is 0 Å². The minimum absolute atomic E-state index is 0.837. The molecule has 2 heteroatoms. The Kier molecular flexibility index (Phi) is 4.63. The highest BCUT2D eigenvalue weighted by Gasteiger charge is 1.96. The molecular weight excluding hydrogens is 124 g/mol. The zero-order chi connectivity index (χ0) is 7.98. The van der Waals surface area contributed by atoms with Crippen molar-refractivity contribution in [3.63, 3.8) is 0 Å². The van der Waals surface area contributed by atoms with E-state index in [-0.39, 0.29) is 0 Å². The van der Waals surface area contributed by atoms with Crippen LogP contribution in [-0.2, 0) is 0 Å². The lowest BCUT2D eigenvalue weighted by atomic mass is 10.2. The summed E-state index contributed by atoms with van der Waals surface area (Å²) < 4.78 is 0. The molecule has 0 bridgehead atoms. The summed E-state index contributed by atoms with van der Waals surface area (Å²) in [6.07, 6.45) is 0.952. The van der Waals surface area contributed by atoms with E-state index in [0.29, 0.717) is 0 Å². The van der Waals surface area contributed by atoms with Crippen LogP contribution < -0.4 is 5.32 Å². The van der Waals surface area contributed by atoms with Crippen LogP contribution in [0.2, 0.25) is 0 Å². The monoisotopic (exact) mass is 140 g/mol. The highest BCUT2D eigenvalue weighted by Crippen LogP contribution is 1.94. The molecule has 0 aromatic rings. The first kappa shape index (κ1) is 9.21. The summed E-state index contributed by atoms with van der Waals surface area (Å²) in [6.45, 7) is 8.76. The molecule has 0 aliphatic carbocycles. The van der Waals surface area contributed by atoms with E-state index >= 15 is 0 Å². The smallest absolute Gasteiger partial charge is 0.0570 e. The topological polar surface area (TPSA) is 24.4 Å². The molecule has 0 saturated heterocycles. The van der Waals surface area contributed by atoms with Gasteiger partial charge in [0.15, 0.2) is 0 Å². The molecule has 0 fully saturated rings. The largest absolute Gasteiger partial charge is 0.387 e. The maximum atomic E-state index is 4.27. The number of aliphatic imine (C=N–C) groups is 1. The molecule has 0 heterocycles. The Labute approximate surface area is 63.0 Å². The molecule has 0 amide bonds. The second-order valence-electron chi connectivity index (χ2n) is 2.00. The van der Waals surface area contributed by atoms with Crippen LogP contribution in [0.4, 0.5) is 0 Å². The second kappa shape index (κ2) is 5.03. The average molecular weight is 140 g/mol. The number of hydrogen-bond donors (Lipinski definition) is 1. The molecule has 0 unspecified atom stereocenters. The molecule has 10 heavy (non-hydrogen) atoms. The minimum Gasteiger partial charge on any atom is -0.387 e. The maximum Gasteiger partial charge on any atom is 0.0570 e. The summed E-state index contributed by atoms with van der Waals surface area (Å²) in [7, 11) is 1.86. The molecule has 0 aromatic heterocycles. The Morgan fingerprint density at radius 1 is 1.50 bits per heavy atom. The van der Waals surface area contributed by atoms with E-state index in [1.165, 1.54) is 0 Å². The van der Waals surface area contributed by atoms with E-state index < -0.39 is 0 Å². The Bertz CT molecular complexity index is 136. The summed E-state index contributed by atoms with van der Waals surface area (Å²) in [4.78, 5) is 4.27. The van der Waals surface area contributed by atoms with Gasteiger partial charge < -0.3 is 5.32 Å². The van der Waals surface area contributed by atoms with Gasteiger partial charge in [0.2, 0.25) is 0 Å². The van der Waals surface area contributed by atoms with Crippen molar-refractivity contribution in [2.24, 2.45) is 4.99 Å². The molecule has 1 N–H and O–H groups in total. The lowest BCUT2D eigenvalue weighted by molar-refractivity contribution is 1.02. The molecular formula is C8H16N2. The van der Waals surface area contributed by atoms with Crippen LogP contribution in [0.5, 0.6) is 0 Å². The third kappa shape index (κ3) is 2.67. The summed E-state index contributed by atoms with van der Waals surface area (Å²) in [5.74, 6) is 0. The van der Waals surface area contributed by atoms with E-state index in [1.54, 1.807) is 0 Å². The molecule has 0 radical (unpaired) electrons. The van der Waals surface area contributed by atoms with Crippen LogP contribution in [-0.4, -0.2) is 19.3 Å². The van der Waals surface area contributed by atoms with Crippen molar-refractivity contribution in [3.05, 3.63) is 12.3 Å². The predicted octanol–water partition coefficient (Wildman–Crippen LogP) is 1.59. The predicted molar refractivity (Wildman–Crippen MR) is 46.5 cm³/mol. The number of allylic oxidation sites excluding steroid dienone is 1. The fourth-order valence-electron chi connectivity index (χ4n) is 0.756. The molecule has 0 atom stereocenters. The Balaban J connectivity index is 4.06. The Morgan fingerprint density at radius 2 is 2.10 bits per heavy atom. The highest BCUT2D eigenvalue weighted by atomic mass is 14.9. The van der Waals surface area contributed by atoms with Crippen molar-refractivity contribution < 1.29 is 0 Å². The molecule has 0 spiro atoms. The van der Waals surface area contributed by atoms with Gasteiger partial charge in [0.1, 0.15) is 0 Å². The summed E-state index contributed by atoms with van der Waals surface area (Å²) in [5.41, 5.74) is 2.01. The number of nitrogens with one attached hydrogen (secondary N) is 1. The van der Waals surface area contributed by atoms with Gasteiger partial charge in [-0.15, -0.1) is 0 Å². The average Bonchev–Trinajstić information content (AvgIpc) is 1.99. The molecule has 0 aliphatic rings. The van der Waals surface area contributed by atoms with Gasteiger partial charge in [-0.1, -0.05) is 13.5 Å². The van der Waals surface area contributed by atoms with E-state index in [1.807, 2.05) is 14.0 Å².